The first kappa shape index (κ1) is 23.9. The summed E-state index contributed by atoms with van der Waals surface area (Å²) in [4.78, 5) is 9.22. The van der Waals surface area contributed by atoms with Gasteiger partial charge in [0.1, 0.15) is 11.6 Å². The second-order valence-corrected chi connectivity index (χ2v) is 8.61. The van der Waals surface area contributed by atoms with E-state index in [0.29, 0.717) is 0 Å². The van der Waals surface area contributed by atoms with Crippen LogP contribution in [0.25, 0.3) is 0 Å². The molecule has 0 amide bonds. The molecule has 0 spiro atoms. The van der Waals surface area contributed by atoms with Gasteiger partial charge in [-0.1, -0.05) is 6.07 Å². The number of guanidine groups is 1. The van der Waals surface area contributed by atoms with Crippen LogP contribution in [0.4, 0.5) is 8.78 Å². The van der Waals surface area contributed by atoms with Crippen molar-refractivity contribution in [3.8, 4) is 0 Å². The Morgan fingerprint density at radius 3 is 2.58 bits per heavy atom. The van der Waals surface area contributed by atoms with Crippen molar-refractivity contribution in [3.63, 3.8) is 0 Å². The van der Waals surface area contributed by atoms with Gasteiger partial charge in [-0.3, -0.25) is 9.89 Å². The van der Waals surface area contributed by atoms with Gasteiger partial charge in [-0.05, 0) is 64.3 Å². The zero-order chi connectivity index (χ0) is 22.1. The molecular formula is C23H37F2N5O. The Hall–Kier alpha value is -1.77. The lowest BCUT2D eigenvalue weighted by Crippen LogP contribution is -2.51. The number of benzene rings is 1. The first-order valence-corrected chi connectivity index (χ1v) is 11.7. The zero-order valence-corrected chi connectivity index (χ0v) is 18.6. The van der Waals surface area contributed by atoms with Gasteiger partial charge in [-0.25, -0.2) is 8.78 Å². The van der Waals surface area contributed by atoms with Crippen molar-refractivity contribution in [1.29, 1.82) is 0 Å². The summed E-state index contributed by atoms with van der Waals surface area (Å²) >= 11 is 0. The van der Waals surface area contributed by atoms with Gasteiger partial charge in [0.25, 0.3) is 0 Å². The van der Waals surface area contributed by atoms with Gasteiger partial charge in [-0.2, -0.15) is 0 Å². The summed E-state index contributed by atoms with van der Waals surface area (Å²) in [5.41, 5.74) is 0.147. The third-order valence-corrected chi connectivity index (χ3v) is 6.09. The molecular weight excluding hydrogens is 400 g/mol. The van der Waals surface area contributed by atoms with Crippen molar-refractivity contribution < 1.29 is 13.9 Å². The van der Waals surface area contributed by atoms with E-state index in [1.807, 2.05) is 6.92 Å². The fourth-order valence-electron chi connectivity index (χ4n) is 4.37. The Labute approximate surface area is 184 Å². The molecule has 0 radical (unpaired) electrons. The number of nitrogens with zero attached hydrogens (tertiary/aromatic N) is 3. The van der Waals surface area contributed by atoms with Crippen molar-refractivity contribution in [2.45, 2.75) is 57.7 Å². The van der Waals surface area contributed by atoms with Crippen molar-refractivity contribution >= 4 is 5.96 Å². The number of aliphatic imine (C=N–C) groups is 1. The second-order valence-electron chi connectivity index (χ2n) is 8.61. The molecule has 2 aliphatic heterocycles. The standard InChI is InChI=1S/C23H37F2N5O/c1-2-26-23(27-11-5-13-29-14-9-19(31)10-15-29)28-18-6-4-12-30(16-18)17-20-21(24)7-3-8-22(20)25/h3,7-8,18-19,31H,2,4-6,9-17H2,1H3,(H2,26,27,28). The molecule has 3 N–H and O–H groups in total. The van der Waals surface area contributed by atoms with Gasteiger partial charge in [0, 0.05) is 50.9 Å². The molecule has 31 heavy (non-hydrogen) atoms. The first-order chi connectivity index (χ1) is 15.0. The number of piperidine rings is 2. The average molecular weight is 438 g/mol. The number of hydrogen-bond acceptors (Lipinski definition) is 4. The van der Waals surface area contributed by atoms with E-state index in [-0.39, 0.29) is 24.3 Å². The summed E-state index contributed by atoms with van der Waals surface area (Å²) in [6, 6.07) is 4.24. The number of nitrogens with one attached hydrogen (secondary N) is 2. The zero-order valence-electron chi connectivity index (χ0n) is 18.6. The highest BCUT2D eigenvalue weighted by Gasteiger charge is 2.23. The van der Waals surface area contributed by atoms with Gasteiger partial charge >= 0.3 is 0 Å². The van der Waals surface area contributed by atoms with Gasteiger partial charge in [-0.15, -0.1) is 0 Å². The van der Waals surface area contributed by atoms with E-state index in [4.69, 9.17) is 4.99 Å². The van der Waals surface area contributed by atoms with Gasteiger partial charge in [0.15, 0.2) is 5.96 Å². The van der Waals surface area contributed by atoms with E-state index in [1.165, 1.54) is 18.2 Å². The summed E-state index contributed by atoms with van der Waals surface area (Å²) in [5.74, 6) is -0.151. The summed E-state index contributed by atoms with van der Waals surface area (Å²) in [6.45, 7) is 8.35. The van der Waals surface area contributed by atoms with Crippen LogP contribution in [0.3, 0.4) is 0 Å². The first-order valence-electron chi connectivity index (χ1n) is 11.7. The van der Waals surface area contributed by atoms with E-state index in [2.05, 4.69) is 20.4 Å². The maximum atomic E-state index is 14.0. The van der Waals surface area contributed by atoms with Crippen LogP contribution in [0.15, 0.2) is 23.2 Å². The number of halogens is 2. The maximum absolute atomic E-state index is 14.0. The summed E-state index contributed by atoms with van der Waals surface area (Å²) in [5, 5.41) is 16.4. The highest BCUT2D eigenvalue weighted by molar-refractivity contribution is 5.80. The third-order valence-electron chi connectivity index (χ3n) is 6.09. The van der Waals surface area contributed by atoms with Crippen LogP contribution in [0, 0.1) is 11.6 Å². The molecule has 1 aromatic rings. The lowest BCUT2D eigenvalue weighted by Gasteiger charge is -2.34. The lowest BCUT2D eigenvalue weighted by molar-refractivity contribution is 0.0824. The van der Waals surface area contributed by atoms with Crippen LogP contribution in [0.1, 0.15) is 44.6 Å². The summed E-state index contributed by atoms with van der Waals surface area (Å²) in [6.07, 6.45) is 4.56. The molecule has 2 heterocycles. The Bertz CT molecular complexity index is 689. The molecule has 1 aromatic carbocycles. The number of rotatable bonds is 8. The Morgan fingerprint density at radius 1 is 1.13 bits per heavy atom. The Morgan fingerprint density at radius 2 is 1.87 bits per heavy atom. The molecule has 0 bridgehead atoms. The average Bonchev–Trinajstić information content (AvgIpc) is 2.75. The summed E-state index contributed by atoms with van der Waals surface area (Å²) in [7, 11) is 0. The van der Waals surface area contributed by atoms with E-state index in [0.717, 1.165) is 83.9 Å². The molecule has 3 rings (SSSR count). The molecule has 1 unspecified atom stereocenters. The highest BCUT2D eigenvalue weighted by atomic mass is 19.1. The minimum absolute atomic E-state index is 0.135. The van der Waals surface area contributed by atoms with Crippen LogP contribution < -0.4 is 10.6 Å². The van der Waals surface area contributed by atoms with Gasteiger partial charge < -0.3 is 20.6 Å². The predicted octanol–water partition coefficient (Wildman–Crippen LogP) is 2.33. The number of aliphatic hydroxyl groups excluding tert-OH is 1. The molecule has 174 valence electrons. The van der Waals surface area contributed by atoms with Gasteiger partial charge in [0.05, 0.1) is 6.10 Å². The Balaban J connectivity index is 1.46. The molecule has 0 aromatic heterocycles. The van der Waals surface area contributed by atoms with Crippen LogP contribution in [-0.4, -0.2) is 78.8 Å². The number of aliphatic hydroxyl groups is 1. The van der Waals surface area contributed by atoms with Crippen molar-refractivity contribution in [1.82, 2.24) is 20.4 Å². The summed E-state index contributed by atoms with van der Waals surface area (Å²) < 4.78 is 28.0. The smallest absolute Gasteiger partial charge is 0.191 e. The van der Waals surface area contributed by atoms with E-state index in [9.17, 15) is 13.9 Å². The van der Waals surface area contributed by atoms with Crippen LogP contribution in [-0.2, 0) is 6.54 Å². The topological polar surface area (TPSA) is 63.1 Å². The molecule has 1 atom stereocenters. The number of likely N-dealkylation sites (tertiary alicyclic amines) is 2. The van der Waals surface area contributed by atoms with E-state index in [1.54, 1.807) is 0 Å². The quantitative estimate of drug-likeness (QED) is 0.331. The Kier molecular flexibility index (Phi) is 9.49. The minimum Gasteiger partial charge on any atom is -0.393 e. The third kappa shape index (κ3) is 7.70. The normalized spacial score (nSPS) is 21.9. The van der Waals surface area contributed by atoms with E-state index >= 15 is 0 Å². The molecule has 2 saturated heterocycles. The van der Waals surface area contributed by atoms with Crippen molar-refractivity contribution in [3.05, 3.63) is 35.4 Å². The SMILES string of the molecule is CCNC(=NCCCN1CCC(O)CC1)NC1CCCN(Cc2c(F)cccc2F)C1. The van der Waals surface area contributed by atoms with Crippen molar-refractivity contribution in [2.75, 3.05) is 45.8 Å². The van der Waals surface area contributed by atoms with Crippen LogP contribution >= 0.6 is 0 Å². The predicted molar refractivity (Wildman–Crippen MR) is 120 cm³/mol. The minimum atomic E-state index is -0.479. The highest BCUT2D eigenvalue weighted by Crippen LogP contribution is 2.18. The molecule has 6 nitrogen and oxygen atoms in total. The fourth-order valence-corrected chi connectivity index (χ4v) is 4.37. The molecule has 0 saturated carbocycles. The van der Waals surface area contributed by atoms with Crippen molar-refractivity contribution in [2.24, 2.45) is 4.99 Å². The largest absolute Gasteiger partial charge is 0.393 e. The molecule has 2 aliphatic rings. The lowest BCUT2D eigenvalue weighted by atomic mass is 10.0. The molecule has 0 aliphatic carbocycles. The van der Waals surface area contributed by atoms with Gasteiger partial charge in [0.2, 0.25) is 0 Å². The fraction of sp³-hybridized carbons (Fsp3) is 0.696. The second kappa shape index (κ2) is 12.3. The molecule has 8 heteroatoms. The molecule has 2 fully saturated rings. The van der Waals surface area contributed by atoms with Crippen LogP contribution in [0.2, 0.25) is 0 Å². The maximum Gasteiger partial charge on any atom is 0.191 e. The number of hydrogen-bond donors (Lipinski definition) is 3. The van der Waals surface area contributed by atoms with Crippen LogP contribution in [0.5, 0.6) is 0 Å². The van der Waals surface area contributed by atoms with E-state index < -0.39 is 11.6 Å². The monoisotopic (exact) mass is 437 g/mol.